The number of hydrogen-bond acceptors (Lipinski definition) is 0. The molecule has 0 unspecified atom stereocenters. The molecule has 7 rings (SSSR count). The average molecular weight is 407 g/mol. The monoisotopic (exact) mass is 406 g/mol. The molecular formula is C32H22. The summed E-state index contributed by atoms with van der Waals surface area (Å²) in [5.41, 5.74) is 10.7. The molecule has 0 saturated heterocycles. The van der Waals surface area contributed by atoms with Gasteiger partial charge in [-0.3, -0.25) is 0 Å². The summed E-state index contributed by atoms with van der Waals surface area (Å²) in [5, 5.41) is 8.01. The lowest BCUT2D eigenvalue weighted by molar-refractivity contribution is 1.46. The van der Waals surface area contributed by atoms with Gasteiger partial charge in [0.25, 0.3) is 0 Å². The highest BCUT2D eigenvalue weighted by Gasteiger charge is 2.26. The Bertz CT molecular complexity index is 1730. The van der Waals surface area contributed by atoms with Crippen LogP contribution in [0.25, 0.3) is 65.7 Å². The summed E-state index contributed by atoms with van der Waals surface area (Å²) >= 11 is 0. The van der Waals surface area contributed by atoms with E-state index in [1.165, 1.54) is 76.8 Å². The van der Waals surface area contributed by atoms with Crippen LogP contribution < -0.4 is 0 Å². The van der Waals surface area contributed by atoms with Gasteiger partial charge in [-0.05, 0) is 96.7 Å². The largest absolute Gasteiger partial charge is 0.0616 e. The van der Waals surface area contributed by atoms with Crippen LogP contribution in [0.15, 0.2) is 97.1 Å². The molecule has 0 nitrogen and oxygen atoms in total. The molecule has 0 atom stereocenters. The van der Waals surface area contributed by atoms with E-state index in [9.17, 15) is 0 Å². The first kappa shape index (κ1) is 17.7. The molecule has 0 heterocycles. The van der Waals surface area contributed by atoms with Gasteiger partial charge >= 0.3 is 0 Å². The third kappa shape index (κ3) is 2.32. The van der Waals surface area contributed by atoms with Gasteiger partial charge in [-0.15, -0.1) is 0 Å². The van der Waals surface area contributed by atoms with Crippen molar-refractivity contribution in [3.63, 3.8) is 0 Å². The van der Waals surface area contributed by atoms with Crippen molar-refractivity contribution in [2.75, 3.05) is 0 Å². The molecule has 1 aliphatic carbocycles. The van der Waals surface area contributed by atoms with Gasteiger partial charge in [-0.1, -0.05) is 91.0 Å². The van der Waals surface area contributed by atoms with Crippen molar-refractivity contribution >= 4 is 32.3 Å². The van der Waals surface area contributed by atoms with Crippen molar-refractivity contribution in [2.45, 2.75) is 13.8 Å². The van der Waals surface area contributed by atoms with Crippen molar-refractivity contribution < 1.29 is 0 Å². The second-order valence-electron chi connectivity index (χ2n) is 9.14. The highest BCUT2D eigenvalue weighted by Crippen LogP contribution is 2.53. The summed E-state index contributed by atoms with van der Waals surface area (Å²) in [4.78, 5) is 0. The molecule has 6 aromatic rings. The van der Waals surface area contributed by atoms with Gasteiger partial charge < -0.3 is 0 Å². The van der Waals surface area contributed by atoms with E-state index < -0.39 is 0 Å². The fraction of sp³-hybridized carbons (Fsp3) is 0.0625. The molecule has 6 aromatic carbocycles. The summed E-state index contributed by atoms with van der Waals surface area (Å²) in [6.07, 6.45) is 0. The summed E-state index contributed by atoms with van der Waals surface area (Å²) in [5.74, 6) is 0. The zero-order chi connectivity index (χ0) is 21.4. The lowest BCUT2D eigenvalue weighted by Gasteiger charge is -2.16. The van der Waals surface area contributed by atoms with E-state index in [0.717, 1.165) is 0 Å². The van der Waals surface area contributed by atoms with Crippen molar-refractivity contribution in [2.24, 2.45) is 0 Å². The number of hydrogen-bond donors (Lipinski definition) is 0. The van der Waals surface area contributed by atoms with E-state index in [4.69, 9.17) is 0 Å². The third-order valence-electron chi connectivity index (χ3n) is 7.02. The minimum atomic E-state index is 1.30. The van der Waals surface area contributed by atoms with E-state index in [1.54, 1.807) is 0 Å². The van der Waals surface area contributed by atoms with E-state index in [-0.39, 0.29) is 0 Å². The van der Waals surface area contributed by atoms with Crippen LogP contribution in [-0.2, 0) is 0 Å². The smallest absolute Gasteiger partial charge is 0.00195 e. The highest BCUT2D eigenvalue weighted by atomic mass is 14.3. The Hall–Kier alpha value is -3.90. The van der Waals surface area contributed by atoms with Gasteiger partial charge in [0.2, 0.25) is 0 Å². The molecule has 0 N–H and O–H groups in total. The molecule has 0 aliphatic heterocycles. The van der Waals surface area contributed by atoms with Crippen LogP contribution in [-0.4, -0.2) is 0 Å². The molecule has 0 aromatic heterocycles. The van der Waals surface area contributed by atoms with Crippen LogP contribution in [0, 0.1) is 13.8 Å². The zero-order valence-electron chi connectivity index (χ0n) is 18.2. The van der Waals surface area contributed by atoms with E-state index in [0.29, 0.717) is 0 Å². The molecule has 0 radical (unpaired) electrons. The Morgan fingerprint density at radius 2 is 1.00 bits per heavy atom. The Morgan fingerprint density at radius 1 is 0.406 bits per heavy atom. The molecule has 0 saturated carbocycles. The Labute approximate surface area is 187 Å². The lowest BCUT2D eigenvalue weighted by Crippen LogP contribution is -1.90. The van der Waals surface area contributed by atoms with Gasteiger partial charge in [0, 0.05) is 0 Å². The second kappa shape index (κ2) is 6.31. The lowest BCUT2D eigenvalue weighted by atomic mass is 9.88. The molecule has 0 spiro atoms. The van der Waals surface area contributed by atoms with Gasteiger partial charge in [0.05, 0.1) is 0 Å². The van der Waals surface area contributed by atoms with Gasteiger partial charge in [-0.25, -0.2) is 0 Å². The Kier molecular flexibility index (Phi) is 3.50. The molecule has 0 fully saturated rings. The fourth-order valence-corrected chi connectivity index (χ4v) is 5.77. The number of rotatable bonds is 1. The van der Waals surface area contributed by atoms with Crippen LogP contribution in [0.5, 0.6) is 0 Å². The summed E-state index contributed by atoms with van der Waals surface area (Å²) in [6.45, 7) is 4.43. The zero-order valence-corrected chi connectivity index (χ0v) is 18.2. The van der Waals surface area contributed by atoms with E-state index >= 15 is 0 Å². The second-order valence-corrected chi connectivity index (χ2v) is 9.14. The summed E-state index contributed by atoms with van der Waals surface area (Å²) < 4.78 is 0. The quantitative estimate of drug-likeness (QED) is 0.238. The summed E-state index contributed by atoms with van der Waals surface area (Å²) in [6, 6.07) is 36.2. The van der Waals surface area contributed by atoms with Crippen LogP contribution >= 0.6 is 0 Å². The van der Waals surface area contributed by atoms with Crippen molar-refractivity contribution in [3.8, 4) is 33.4 Å². The first-order valence-corrected chi connectivity index (χ1v) is 11.3. The highest BCUT2D eigenvalue weighted by molar-refractivity contribution is 6.25. The van der Waals surface area contributed by atoms with Crippen LogP contribution in [0.3, 0.4) is 0 Å². The fourth-order valence-electron chi connectivity index (χ4n) is 5.77. The standard InChI is InChI=1S/C32H22/c1-19-14-21-8-3-6-11-24(21)27(15-19)29-17-20(2)16-28-26-13-7-12-25-23-10-5-4-9-22(23)18-30(31(25)26)32(28)29/h3-18H,1-2H3. The maximum absolute atomic E-state index is 2.41. The predicted molar refractivity (Wildman–Crippen MR) is 138 cm³/mol. The first-order chi connectivity index (χ1) is 15.7. The average Bonchev–Trinajstić information content (AvgIpc) is 3.12. The van der Waals surface area contributed by atoms with E-state index in [2.05, 4.69) is 111 Å². The third-order valence-corrected chi connectivity index (χ3v) is 7.02. The number of fused-ring (bicyclic) bond motifs is 6. The topological polar surface area (TPSA) is 0 Å². The SMILES string of the molecule is Cc1cc(-c2cc(C)cc3ccccc23)c2c(c1)-c1cccc3c1c-2cc1ccccc13. The van der Waals surface area contributed by atoms with Gasteiger partial charge in [-0.2, -0.15) is 0 Å². The molecule has 32 heavy (non-hydrogen) atoms. The molecule has 1 aliphatic rings. The normalized spacial score (nSPS) is 12.1. The van der Waals surface area contributed by atoms with Gasteiger partial charge in [0.15, 0.2) is 0 Å². The molecule has 0 heteroatoms. The minimum absolute atomic E-state index is 1.30. The molecule has 0 bridgehead atoms. The Morgan fingerprint density at radius 3 is 1.81 bits per heavy atom. The maximum atomic E-state index is 2.41. The van der Waals surface area contributed by atoms with Crippen LogP contribution in [0.2, 0.25) is 0 Å². The van der Waals surface area contributed by atoms with Gasteiger partial charge in [0.1, 0.15) is 0 Å². The summed E-state index contributed by atoms with van der Waals surface area (Å²) in [7, 11) is 0. The Balaban J connectivity index is 1.67. The molecular weight excluding hydrogens is 384 g/mol. The van der Waals surface area contributed by atoms with Crippen LogP contribution in [0.4, 0.5) is 0 Å². The maximum Gasteiger partial charge on any atom is -0.00195 e. The molecule has 150 valence electrons. The van der Waals surface area contributed by atoms with E-state index in [1.807, 2.05) is 0 Å². The predicted octanol–water partition coefficient (Wildman–Crippen LogP) is 9.08. The van der Waals surface area contributed by atoms with Crippen molar-refractivity contribution in [3.05, 3.63) is 108 Å². The van der Waals surface area contributed by atoms with Crippen LogP contribution in [0.1, 0.15) is 11.1 Å². The van der Waals surface area contributed by atoms with Crippen molar-refractivity contribution in [1.82, 2.24) is 0 Å². The van der Waals surface area contributed by atoms with Crippen molar-refractivity contribution in [1.29, 1.82) is 0 Å². The first-order valence-electron chi connectivity index (χ1n) is 11.3. The molecule has 0 amide bonds. The minimum Gasteiger partial charge on any atom is -0.0616 e. The number of aryl methyl sites for hydroxylation is 2. The number of benzene rings is 6.